The van der Waals surface area contributed by atoms with Gasteiger partial charge in [-0.2, -0.15) is 0 Å². The zero-order valence-corrected chi connectivity index (χ0v) is 8.27. The lowest BCUT2D eigenvalue weighted by Crippen LogP contribution is -2.16. The summed E-state index contributed by atoms with van der Waals surface area (Å²) in [5.41, 5.74) is 0.169. The van der Waals surface area contributed by atoms with Crippen molar-refractivity contribution in [1.82, 2.24) is 9.55 Å². The molecule has 0 aliphatic carbocycles. The fourth-order valence-electron chi connectivity index (χ4n) is 1.24. The van der Waals surface area contributed by atoms with Crippen LogP contribution in [0.25, 0.3) is 0 Å². The highest BCUT2D eigenvalue weighted by atomic mass is 16.4. The van der Waals surface area contributed by atoms with E-state index in [1.807, 2.05) is 6.92 Å². The molecule has 78 valence electrons. The summed E-state index contributed by atoms with van der Waals surface area (Å²) in [6.45, 7) is 4.11. The Balaban J connectivity index is 2.93. The van der Waals surface area contributed by atoms with E-state index in [-0.39, 0.29) is 18.2 Å². The Morgan fingerprint density at radius 1 is 1.71 bits per heavy atom. The fraction of sp³-hybridized carbons (Fsp3) is 0.556. The number of imidazole rings is 1. The van der Waals surface area contributed by atoms with Crippen LogP contribution in [0.1, 0.15) is 23.2 Å². The predicted molar refractivity (Wildman–Crippen MR) is 50.2 cm³/mol. The van der Waals surface area contributed by atoms with Gasteiger partial charge in [0.2, 0.25) is 0 Å². The summed E-state index contributed by atoms with van der Waals surface area (Å²) in [6.07, 6.45) is 1.34. The molecule has 0 radical (unpaired) electrons. The first-order valence-electron chi connectivity index (χ1n) is 4.42. The molecule has 0 aliphatic heterocycles. The minimum atomic E-state index is -0.990. The zero-order valence-electron chi connectivity index (χ0n) is 8.27. The Hall–Kier alpha value is -1.36. The molecule has 0 bridgehead atoms. The van der Waals surface area contributed by atoms with Crippen molar-refractivity contribution in [2.24, 2.45) is 5.92 Å². The molecule has 1 atom stereocenters. The second-order valence-corrected chi connectivity index (χ2v) is 3.39. The molecule has 0 amide bonds. The molecule has 0 spiro atoms. The van der Waals surface area contributed by atoms with Crippen LogP contribution < -0.4 is 0 Å². The molecule has 0 fully saturated rings. The van der Waals surface area contributed by atoms with E-state index in [9.17, 15) is 4.79 Å². The van der Waals surface area contributed by atoms with E-state index in [0.29, 0.717) is 12.4 Å². The number of aliphatic hydroxyl groups is 1. The maximum absolute atomic E-state index is 10.8. The Morgan fingerprint density at radius 2 is 2.36 bits per heavy atom. The Labute approximate surface area is 82.0 Å². The zero-order chi connectivity index (χ0) is 10.7. The summed E-state index contributed by atoms with van der Waals surface area (Å²) < 4.78 is 1.60. The van der Waals surface area contributed by atoms with E-state index in [4.69, 9.17) is 10.2 Å². The molecule has 14 heavy (non-hydrogen) atoms. The van der Waals surface area contributed by atoms with Gasteiger partial charge in [-0.15, -0.1) is 0 Å². The normalized spacial score (nSPS) is 12.8. The van der Waals surface area contributed by atoms with Gasteiger partial charge in [-0.25, -0.2) is 9.78 Å². The molecule has 0 aromatic carbocycles. The van der Waals surface area contributed by atoms with Gasteiger partial charge in [0.05, 0.1) is 6.20 Å². The van der Waals surface area contributed by atoms with Crippen LogP contribution in [0.15, 0.2) is 6.20 Å². The van der Waals surface area contributed by atoms with Gasteiger partial charge < -0.3 is 14.8 Å². The molecule has 2 N–H and O–H groups in total. The van der Waals surface area contributed by atoms with E-state index in [1.54, 1.807) is 11.5 Å². The van der Waals surface area contributed by atoms with Crippen LogP contribution in [0.5, 0.6) is 0 Å². The molecular weight excluding hydrogens is 184 g/mol. The van der Waals surface area contributed by atoms with E-state index in [2.05, 4.69) is 4.98 Å². The number of carboxylic acid groups (broad SMARTS) is 1. The predicted octanol–water partition coefficient (Wildman–Crippen LogP) is 0.518. The summed E-state index contributed by atoms with van der Waals surface area (Å²) in [4.78, 5) is 14.7. The van der Waals surface area contributed by atoms with Crippen LogP contribution in [-0.4, -0.2) is 32.3 Å². The summed E-state index contributed by atoms with van der Waals surface area (Å²) in [5.74, 6) is -0.306. The first kappa shape index (κ1) is 10.7. The smallest absolute Gasteiger partial charge is 0.354 e. The van der Waals surface area contributed by atoms with Gasteiger partial charge in [-0.3, -0.25) is 0 Å². The molecule has 5 heteroatoms. The Bertz CT molecular complexity index is 333. The lowest BCUT2D eigenvalue weighted by Gasteiger charge is -2.11. The van der Waals surface area contributed by atoms with Gasteiger partial charge in [0, 0.05) is 13.2 Å². The number of carbonyl (C=O) groups is 1. The third-order valence-electron chi connectivity index (χ3n) is 2.08. The van der Waals surface area contributed by atoms with Crippen molar-refractivity contribution in [3.63, 3.8) is 0 Å². The molecule has 5 nitrogen and oxygen atoms in total. The van der Waals surface area contributed by atoms with E-state index < -0.39 is 5.97 Å². The summed E-state index contributed by atoms with van der Waals surface area (Å²) >= 11 is 0. The highest BCUT2D eigenvalue weighted by Crippen LogP contribution is 2.08. The van der Waals surface area contributed by atoms with Crippen molar-refractivity contribution in [3.8, 4) is 0 Å². The van der Waals surface area contributed by atoms with E-state index in [0.717, 1.165) is 0 Å². The van der Waals surface area contributed by atoms with Gasteiger partial charge in [0.1, 0.15) is 11.5 Å². The van der Waals surface area contributed by atoms with Gasteiger partial charge in [0.25, 0.3) is 0 Å². The number of aryl methyl sites for hydroxylation is 1. The number of rotatable bonds is 4. The van der Waals surface area contributed by atoms with Crippen molar-refractivity contribution in [2.45, 2.75) is 20.4 Å². The van der Waals surface area contributed by atoms with Crippen LogP contribution in [0, 0.1) is 12.8 Å². The molecule has 1 aromatic heterocycles. The lowest BCUT2D eigenvalue weighted by atomic mass is 10.2. The molecular formula is C9H14N2O3. The number of aromatic carboxylic acids is 1. The third kappa shape index (κ3) is 2.11. The quantitative estimate of drug-likeness (QED) is 0.739. The van der Waals surface area contributed by atoms with Crippen molar-refractivity contribution >= 4 is 5.97 Å². The molecule has 1 unspecified atom stereocenters. The number of hydrogen-bond donors (Lipinski definition) is 2. The maximum Gasteiger partial charge on any atom is 0.354 e. The van der Waals surface area contributed by atoms with E-state index >= 15 is 0 Å². The summed E-state index contributed by atoms with van der Waals surface area (Å²) in [7, 11) is 0. The van der Waals surface area contributed by atoms with Gasteiger partial charge in [-0.05, 0) is 12.8 Å². The fourth-order valence-corrected chi connectivity index (χ4v) is 1.24. The number of hydrogen-bond acceptors (Lipinski definition) is 3. The molecule has 0 saturated carbocycles. The second kappa shape index (κ2) is 4.23. The van der Waals surface area contributed by atoms with Crippen LogP contribution >= 0.6 is 0 Å². The van der Waals surface area contributed by atoms with Crippen LogP contribution in [0.3, 0.4) is 0 Å². The van der Waals surface area contributed by atoms with Crippen LogP contribution in [0.4, 0.5) is 0 Å². The maximum atomic E-state index is 10.8. The van der Waals surface area contributed by atoms with Crippen molar-refractivity contribution in [2.75, 3.05) is 6.61 Å². The second-order valence-electron chi connectivity index (χ2n) is 3.39. The minimum Gasteiger partial charge on any atom is -0.477 e. The van der Waals surface area contributed by atoms with Crippen LogP contribution in [-0.2, 0) is 6.54 Å². The summed E-state index contributed by atoms with van der Waals surface area (Å²) in [6, 6.07) is 0. The highest BCUT2D eigenvalue weighted by Gasteiger charge is 2.14. The minimum absolute atomic E-state index is 0.0287. The average Bonchev–Trinajstić information content (AvgIpc) is 2.48. The number of aromatic nitrogens is 2. The molecule has 0 saturated heterocycles. The topological polar surface area (TPSA) is 75.3 Å². The SMILES string of the molecule is Cc1ncc(C(=O)O)n1CC(C)CO. The monoisotopic (exact) mass is 198 g/mol. The lowest BCUT2D eigenvalue weighted by molar-refractivity contribution is 0.0682. The van der Waals surface area contributed by atoms with Crippen LogP contribution in [0.2, 0.25) is 0 Å². The molecule has 1 rings (SSSR count). The van der Waals surface area contributed by atoms with Gasteiger partial charge in [-0.1, -0.05) is 6.92 Å². The third-order valence-corrected chi connectivity index (χ3v) is 2.08. The first-order valence-corrected chi connectivity index (χ1v) is 4.42. The first-order chi connectivity index (χ1) is 6.56. The van der Waals surface area contributed by atoms with Gasteiger partial charge in [0.15, 0.2) is 0 Å². The number of aliphatic hydroxyl groups excluding tert-OH is 1. The molecule has 0 aliphatic rings. The molecule has 1 aromatic rings. The Morgan fingerprint density at radius 3 is 2.86 bits per heavy atom. The molecule has 1 heterocycles. The van der Waals surface area contributed by atoms with Gasteiger partial charge >= 0.3 is 5.97 Å². The number of carboxylic acids is 1. The van der Waals surface area contributed by atoms with Crippen molar-refractivity contribution in [3.05, 3.63) is 17.7 Å². The average molecular weight is 198 g/mol. The van der Waals surface area contributed by atoms with Crippen molar-refractivity contribution in [1.29, 1.82) is 0 Å². The summed E-state index contributed by atoms with van der Waals surface area (Å²) in [5, 5.41) is 17.7. The number of nitrogens with zero attached hydrogens (tertiary/aromatic N) is 2. The largest absolute Gasteiger partial charge is 0.477 e. The van der Waals surface area contributed by atoms with Crippen molar-refractivity contribution < 1.29 is 15.0 Å². The Kier molecular flexibility index (Phi) is 3.24. The van der Waals surface area contributed by atoms with E-state index in [1.165, 1.54) is 6.20 Å². The standard InChI is InChI=1S/C9H14N2O3/c1-6(5-12)4-11-7(2)10-3-8(11)9(13)14/h3,6,12H,4-5H2,1-2H3,(H,13,14). The highest BCUT2D eigenvalue weighted by molar-refractivity contribution is 5.85.